The second-order valence-corrected chi connectivity index (χ2v) is 2.70. The van der Waals surface area contributed by atoms with E-state index in [1.807, 2.05) is 0 Å². The highest BCUT2D eigenvalue weighted by molar-refractivity contribution is 5.23. The van der Waals surface area contributed by atoms with Crippen molar-refractivity contribution in [2.75, 3.05) is 6.61 Å². The number of hydrogen-bond donors (Lipinski definition) is 1. The molecule has 0 fully saturated rings. The summed E-state index contributed by atoms with van der Waals surface area (Å²) in [5.41, 5.74) is 1.70. The number of nitrogens with two attached hydrogens (primary N) is 1. The molecule has 0 spiro atoms. The van der Waals surface area contributed by atoms with E-state index in [-0.39, 0.29) is 5.82 Å². The average Bonchev–Trinajstić information content (AvgIpc) is 2.07. The predicted molar refractivity (Wildman–Crippen MR) is 45.0 cm³/mol. The lowest BCUT2D eigenvalue weighted by Gasteiger charge is -2.01. The van der Waals surface area contributed by atoms with Gasteiger partial charge in [0.2, 0.25) is 0 Å². The molecule has 66 valence electrons. The molecule has 0 saturated heterocycles. The molecule has 0 unspecified atom stereocenters. The van der Waals surface area contributed by atoms with Crippen LogP contribution in [0.4, 0.5) is 4.39 Å². The summed E-state index contributed by atoms with van der Waals surface area (Å²) in [5.74, 6) is 4.70. The Balaban J connectivity index is 2.69. The molecule has 0 atom stereocenters. The number of aryl methyl sites for hydroxylation is 1. The zero-order valence-electron chi connectivity index (χ0n) is 7.01. The third-order valence-electron chi connectivity index (χ3n) is 1.73. The van der Waals surface area contributed by atoms with E-state index in [2.05, 4.69) is 4.84 Å². The normalized spacial score (nSPS) is 10.2. The molecule has 0 saturated carbocycles. The molecule has 2 nitrogen and oxygen atoms in total. The van der Waals surface area contributed by atoms with Crippen molar-refractivity contribution in [3.63, 3.8) is 0 Å². The van der Waals surface area contributed by atoms with E-state index in [0.29, 0.717) is 12.2 Å². The van der Waals surface area contributed by atoms with Crippen molar-refractivity contribution < 1.29 is 9.23 Å². The summed E-state index contributed by atoms with van der Waals surface area (Å²) in [4.78, 5) is 4.42. The van der Waals surface area contributed by atoms with E-state index < -0.39 is 0 Å². The Bertz CT molecular complexity index is 263. The number of hydrogen-bond acceptors (Lipinski definition) is 2. The van der Waals surface area contributed by atoms with Gasteiger partial charge in [-0.25, -0.2) is 10.3 Å². The fourth-order valence-corrected chi connectivity index (χ4v) is 1.04. The zero-order valence-corrected chi connectivity index (χ0v) is 7.01. The average molecular weight is 169 g/mol. The molecule has 0 amide bonds. The fraction of sp³-hybridized carbons (Fsp3) is 0.333. The molecule has 0 aliphatic carbocycles. The summed E-state index contributed by atoms with van der Waals surface area (Å²) in [6.45, 7) is 2.20. The first kappa shape index (κ1) is 9.16. The summed E-state index contributed by atoms with van der Waals surface area (Å²) >= 11 is 0. The van der Waals surface area contributed by atoms with Crippen molar-refractivity contribution in [1.82, 2.24) is 0 Å². The molecule has 2 N–H and O–H groups in total. The van der Waals surface area contributed by atoms with Gasteiger partial charge in [0.25, 0.3) is 0 Å². The molecular formula is C9H12FNO. The summed E-state index contributed by atoms with van der Waals surface area (Å²) in [5, 5.41) is 0. The van der Waals surface area contributed by atoms with Gasteiger partial charge in [0.05, 0.1) is 6.61 Å². The lowest BCUT2D eigenvalue weighted by molar-refractivity contribution is 0.141. The Kier molecular flexibility index (Phi) is 3.19. The largest absolute Gasteiger partial charge is 0.304 e. The topological polar surface area (TPSA) is 35.2 Å². The van der Waals surface area contributed by atoms with Gasteiger partial charge in [-0.05, 0) is 30.5 Å². The van der Waals surface area contributed by atoms with Crippen LogP contribution in [-0.4, -0.2) is 6.61 Å². The lowest BCUT2D eigenvalue weighted by Crippen LogP contribution is -2.03. The van der Waals surface area contributed by atoms with Crippen molar-refractivity contribution in [1.29, 1.82) is 0 Å². The third kappa shape index (κ3) is 2.29. The maximum atomic E-state index is 12.8. The van der Waals surface area contributed by atoms with Crippen LogP contribution in [0.3, 0.4) is 0 Å². The highest BCUT2D eigenvalue weighted by Gasteiger charge is 1.98. The second kappa shape index (κ2) is 4.18. The van der Waals surface area contributed by atoms with E-state index in [1.54, 1.807) is 19.1 Å². The lowest BCUT2D eigenvalue weighted by atomic mass is 10.1. The van der Waals surface area contributed by atoms with Gasteiger partial charge in [-0.1, -0.05) is 12.1 Å². The molecular weight excluding hydrogens is 157 g/mol. The Hall–Kier alpha value is -0.930. The third-order valence-corrected chi connectivity index (χ3v) is 1.73. The van der Waals surface area contributed by atoms with Crippen LogP contribution in [0, 0.1) is 12.7 Å². The Morgan fingerprint density at radius 1 is 1.50 bits per heavy atom. The van der Waals surface area contributed by atoms with Crippen LogP contribution in [0.25, 0.3) is 0 Å². The van der Waals surface area contributed by atoms with E-state index in [9.17, 15) is 4.39 Å². The van der Waals surface area contributed by atoms with Crippen LogP contribution in [0.5, 0.6) is 0 Å². The second-order valence-electron chi connectivity index (χ2n) is 2.70. The Labute approximate surface area is 71.1 Å². The van der Waals surface area contributed by atoms with Gasteiger partial charge in [-0.2, -0.15) is 0 Å². The molecule has 0 aliphatic heterocycles. The molecule has 0 aliphatic rings. The number of rotatable bonds is 3. The van der Waals surface area contributed by atoms with Crippen molar-refractivity contribution in [3.8, 4) is 0 Å². The molecule has 1 aromatic rings. The van der Waals surface area contributed by atoms with Crippen molar-refractivity contribution >= 4 is 0 Å². The molecule has 3 heteroatoms. The van der Waals surface area contributed by atoms with Gasteiger partial charge in [-0.15, -0.1) is 0 Å². The van der Waals surface area contributed by atoms with Crippen LogP contribution in [0.15, 0.2) is 18.2 Å². The molecule has 0 aromatic heterocycles. The van der Waals surface area contributed by atoms with Crippen molar-refractivity contribution in [2.45, 2.75) is 13.3 Å². The number of benzene rings is 1. The van der Waals surface area contributed by atoms with Gasteiger partial charge in [0, 0.05) is 0 Å². The van der Waals surface area contributed by atoms with E-state index >= 15 is 0 Å². The van der Waals surface area contributed by atoms with Gasteiger partial charge in [-0.3, -0.25) is 0 Å². The van der Waals surface area contributed by atoms with Gasteiger partial charge >= 0.3 is 0 Å². The minimum Gasteiger partial charge on any atom is -0.304 e. The maximum absolute atomic E-state index is 12.8. The predicted octanol–water partition coefficient (Wildman–Crippen LogP) is 1.57. The van der Waals surface area contributed by atoms with Crippen LogP contribution < -0.4 is 5.90 Å². The molecule has 1 aromatic carbocycles. The van der Waals surface area contributed by atoms with Gasteiger partial charge in [0.15, 0.2) is 0 Å². The van der Waals surface area contributed by atoms with Crippen molar-refractivity contribution in [3.05, 3.63) is 35.1 Å². The van der Waals surface area contributed by atoms with Gasteiger partial charge in [0.1, 0.15) is 5.82 Å². The molecule has 0 heterocycles. The fourth-order valence-electron chi connectivity index (χ4n) is 1.04. The van der Waals surface area contributed by atoms with Crippen LogP contribution in [0.1, 0.15) is 11.1 Å². The first-order valence-corrected chi connectivity index (χ1v) is 3.80. The highest BCUT2D eigenvalue weighted by Crippen LogP contribution is 2.09. The van der Waals surface area contributed by atoms with Gasteiger partial charge < -0.3 is 4.84 Å². The first-order valence-electron chi connectivity index (χ1n) is 3.80. The summed E-state index contributed by atoms with van der Waals surface area (Å²) < 4.78 is 12.8. The van der Waals surface area contributed by atoms with E-state index in [0.717, 1.165) is 12.0 Å². The minimum absolute atomic E-state index is 0.174. The minimum atomic E-state index is -0.174. The molecule has 12 heavy (non-hydrogen) atoms. The first-order chi connectivity index (χ1) is 5.74. The van der Waals surface area contributed by atoms with E-state index in [1.165, 1.54) is 6.07 Å². The van der Waals surface area contributed by atoms with Crippen molar-refractivity contribution in [2.24, 2.45) is 5.90 Å². The standard InChI is InChI=1S/C9H12FNO/c1-7-6-8(4-5-12-11)2-3-9(7)10/h2-3,6H,4-5,11H2,1H3. The highest BCUT2D eigenvalue weighted by atomic mass is 19.1. The molecule has 0 bridgehead atoms. The van der Waals surface area contributed by atoms with Crippen LogP contribution >= 0.6 is 0 Å². The van der Waals surface area contributed by atoms with Crippen LogP contribution in [0.2, 0.25) is 0 Å². The smallest absolute Gasteiger partial charge is 0.126 e. The summed E-state index contributed by atoms with van der Waals surface area (Å²) in [7, 11) is 0. The zero-order chi connectivity index (χ0) is 8.97. The summed E-state index contributed by atoms with van der Waals surface area (Å²) in [6.07, 6.45) is 0.720. The monoisotopic (exact) mass is 169 g/mol. The maximum Gasteiger partial charge on any atom is 0.126 e. The summed E-state index contributed by atoms with van der Waals surface area (Å²) in [6, 6.07) is 5.00. The SMILES string of the molecule is Cc1cc(CCON)ccc1F. The van der Waals surface area contributed by atoms with Crippen LogP contribution in [-0.2, 0) is 11.3 Å². The number of halogens is 1. The quantitative estimate of drug-likeness (QED) is 0.697. The molecule has 1 rings (SSSR count). The Morgan fingerprint density at radius 3 is 2.83 bits per heavy atom. The van der Waals surface area contributed by atoms with E-state index in [4.69, 9.17) is 5.90 Å². The molecule has 0 radical (unpaired) electrons. The Morgan fingerprint density at radius 2 is 2.25 bits per heavy atom.